The number of hydrogen-bond donors (Lipinski definition) is 0. The maximum Gasteiger partial charge on any atom is 0.307 e. The third-order valence-electron chi connectivity index (χ3n) is 4.88. The van der Waals surface area contributed by atoms with Crippen LogP contribution in [0, 0.1) is 0 Å². The molecular formula is C22H42O7. The lowest BCUT2D eigenvalue weighted by Gasteiger charge is -2.41. The second-order valence-electron chi connectivity index (χ2n) is 7.42. The third-order valence-corrected chi connectivity index (χ3v) is 4.88. The van der Waals surface area contributed by atoms with E-state index in [0.29, 0.717) is 32.8 Å². The number of carbonyl (C=O) groups excluding carboxylic acids is 1. The molecule has 1 saturated heterocycles. The first-order chi connectivity index (χ1) is 14.2. The van der Waals surface area contributed by atoms with Crippen LogP contribution in [-0.2, 0) is 33.2 Å². The Hall–Kier alpha value is -0.730. The van der Waals surface area contributed by atoms with E-state index < -0.39 is 0 Å². The molecule has 0 amide bonds. The van der Waals surface area contributed by atoms with Gasteiger partial charge in [0.1, 0.15) is 12.2 Å². The molecule has 0 saturated carbocycles. The average Bonchev–Trinajstić information content (AvgIpc) is 2.72. The quantitative estimate of drug-likeness (QED) is 0.262. The third kappa shape index (κ3) is 11.3. The Morgan fingerprint density at radius 1 is 0.897 bits per heavy atom. The van der Waals surface area contributed by atoms with Crippen molar-refractivity contribution in [2.24, 2.45) is 0 Å². The van der Waals surface area contributed by atoms with Crippen molar-refractivity contribution in [1.29, 1.82) is 0 Å². The monoisotopic (exact) mass is 418 g/mol. The fraction of sp³-hybridized carbons (Fsp3) is 0.955. The highest BCUT2D eigenvalue weighted by Crippen LogP contribution is 2.27. The van der Waals surface area contributed by atoms with Crippen molar-refractivity contribution >= 4 is 5.97 Å². The van der Waals surface area contributed by atoms with Crippen LogP contribution in [0.3, 0.4) is 0 Å². The molecule has 0 bridgehead atoms. The molecule has 1 aliphatic heterocycles. The SMILES string of the molecule is CCCCOCC1O[C@H](OCCCC)CC(OCCC(=O)OC)[C@@H]1OCCCC. The smallest absolute Gasteiger partial charge is 0.307 e. The molecule has 0 aromatic heterocycles. The van der Waals surface area contributed by atoms with E-state index in [1.807, 2.05) is 0 Å². The fourth-order valence-corrected chi connectivity index (χ4v) is 3.07. The van der Waals surface area contributed by atoms with Gasteiger partial charge in [-0.3, -0.25) is 4.79 Å². The van der Waals surface area contributed by atoms with Crippen LogP contribution in [0.25, 0.3) is 0 Å². The summed E-state index contributed by atoms with van der Waals surface area (Å²) in [6.45, 7) is 9.14. The van der Waals surface area contributed by atoms with Gasteiger partial charge in [0, 0.05) is 26.2 Å². The highest BCUT2D eigenvalue weighted by molar-refractivity contribution is 5.69. The average molecular weight is 419 g/mol. The summed E-state index contributed by atoms with van der Waals surface area (Å²) in [5.41, 5.74) is 0. The van der Waals surface area contributed by atoms with E-state index >= 15 is 0 Å². The Morgan fingerprint density at radius 3 is 2.21 bits per heavy atom. The Morgan fingerprint density at radius 2 is 1.55 bits per heavy atom. The van der Waals surface area contributed by atoms with E-state index in [0.717, 1.165) is 38.5 Å². The zero-order valence-corrected chi connectivity index (χ0v) is 18.9. The second-order valence-corrected chi connectivity index (χ2v) is 7.42. The van der Waals surface area contributed by atoms with Crippen molar-refractivity contribution in [2.45, 2.75) is 96.7 Å². The van der Waals surface area contributed by atoms with Gasteiger partial charge < -0.3 is 28.4 Å². The molecule has 1 aliphatic rings. The lowest BCUT2D eigenvalue weighted by Crippen LogP contribution is -2.53. The molecule has 0 aromatic rings. The van der Waals surface area contributed by atoms with Gasteiger partial charge in [0.15, 0.2) is 6.29 Å². The first-order valence-corrected chi connectivity index (χ1v) is 11.3. The summed E-state index contributed by atoms with van der Waals surface area (Å²) in [6, 6.07) is 0. The van der Waals surface area contributed by atoms with Gasteiger partial charge in [-0.05, 0) is 19.3 Å². The lowest BCUT2D eigenvalue weighted by molar-refractivity contribution is -0.274. The first-order valence-electron chi connectivity index (χ1n) is 11.3. The van der Waals surface area contributed by atoms with Crippen LogP contribution in [-0.4, -0.2) is 70.7 Å². The number of methoxy groups -OCH3 is 1. The summed E-state index contributed by atoms with van der Waals surface area (Å²) < 4.78 is 34.9. The van der Waals surface area contributed by atoms with Crippen molar-refractivity contribution < 1.29 is 33.2 Å². The van der Waals surface area contributed by atoms with Gasteiger partial charge in [-0.1, -0.05) is 40.0 Å². The van der Waals surface area contributed by atoms with Gasteiger partial charge in [0.05, 0.1) is 32.8 Å². The summed E-state index contributed by atoms with van der Waals surface area (Å²) in [4.78, 5) is 11.4. The molecule has 0 radical (unpaired) electrons. The normalized spacial score (nSPS) is 24.6. The van der Waals surface area contributed by atoms with E-state index in [1.54, 1.807) is 0 Å². The summed E-state index contributed by atoms with van der Waals surface area (Å²) in [5, 5.41) is 0. The van der Waals surface area contributed by atoms with Gasteiger partial charge in [0.25, 0.3) is 0 Å². The molecule has 0 aromatic carbocycles. The maximum absolute atomic E-state index is 11.4. The van der Waals surface area contributed by atoms with Crippen molar-refractivity contribution in [3.8, 4) is 0 Å². The van der Waals surface area contributed by atoms with Crippen LogP contribution in [0.4, 0.5) is 0 Å². The number of esters is 1. The second kappa shape index (κ2) is 17.0. The molecule has 0 spiro atoms. The minimum atomic E-state index is -0.351. The largest absolute Gasteiger partial charge is 0.469 e. The summed E-state index contributed by atoms with van der Waals surface area (Å²) in [7, 11) is 1.38. The van der Waals surface area contributed by atoms with Gasteiger partial charge in [0.2, 0.25) is 0 Å². The zero-order chi connectivity index (χ0) is 21.3. The standard InChI is InChI=1S/C22H42O7/c1-5-8-12-25-17-19-22(28-14-10-7-3)18(26-15-11-20(23)24-4)16-21(29-19)27-13-9-6-2/h18-19,21-22H,5-17H2,1-4H3/t18?,19?,21-,22-/m0/s1. The molecule has 172 valence electrons. The first kappa shape index (κ1) is 26.3. The minimum Gasteiger partial charge on any atom is -0.469 e. The van der Waals surface area contributed by atoms with Crippen molar-refractivity contribution in [3.05, 3.63) is 0 Å². The summed E-state index contributed by atoms with van der Waals surface area (Å²) >= 11 is 0. The van der Waals surface area contributed by atoms with Crippen LogP contribution in [0.15, 0.2) is 0 Å². The highest BCUT2D eigenvalue weighted by Gasteiger charge is 2.41. The molecule has 0 N–H and O–H groups in total. The number of ether oxygens (including phenoxy) is 6. The highest BCUT2D eigenvalue weighted by atomic mass is 16.7. The fourth-order valence-electron chi connectivity index (χ4n) is 3.07. The molecule has 2 unspecified atom stereocenters. The van der Waals surface area contributed by atoms with Crippen molar-refractivity contribution in [3.63, 3.8) is 0 Å². The zero-order valence-electron chi connectivity index (χ0n) is 18.9. The maximum atomic E-state index is 11.4. The van der Waals surface area contributed by atoms with Crippen LogP contribution in [0.5, 0.6) is 0 Å². The number of rotatable bonds is 17. The number of hydrogen-bond acceptors (Lipinski definition) is 7. The molecular weight excluding hydrogens is 376 g/mol. The van der Waals surface area contributed by atoms with E-state index in [2.05, 4.69) is 20.8 Å². The van der Waals surface area contributed by atoms with Crippen molar-refractivity contribution in [2.75, 3.05) is 40.1 Å². The minimum absolute atomic E-state index is 0.211. The lowest BCUT2D eigenvalue weighted by atomic mass is 10.0. The van der Waals surface area contributed by atoms with Crippen LogP contribution in [0.1, 0.15) is 72.1 Å². The molecule has 4 atom stereocenters. The summed E-state index contributed by atoms with van der Waals surface area (Å²) in [6.07, 6.45) is 5.92. The molecule has 1 fully saturated rings. The van der Waals surface area contributed by atoms with Gasteiger partial charge in [-0.15, -0.1) is 0 Å². The molecule has 1 rings (SSSR count). The van der Waals surface area contributed by atoms with Gasteiger partial charge >= 0.3 is 5.97 Å². The number of unbranched alkanes of at least 4 members (excludes halogenated alkanes) is 3. The Kier molecular flexibility index (Phi) is 15.4. The Labute approximate surface area is 176 Å². The Bertz CT molecular complexity index is 405. The molecule has 29 heavy (non-hydrogen) atoms. The Balaban J connectivity index is 2.74. The molecule has 7 nitrogen and oxygen atoms in total. The van der Waals surface area contributed by atoms with Crippen LogP contribution >= 0.6 is 0 Å². The van der Waals surface area contributed by atoms with E-state index in [-0.39, 0.29) is 43.6 Å². The van der Waals surface area contributed by atoms with Crippen LogP contribution < -0.4 is 0 Å². The molecule has 0 aliphatic carbocycles. The number of carbonyl (C=O) groups is 1. The van der Waals surface area contributed by atoms with E-state index in [4.69, 9.17) is 28.4 Å². The van der Waals surface area contributed by atoms with Gasteiger partial charge in [-0.25, -0.2) is 0 Å². The van der Waals surface area contributed by atoms with Gasteiger partial charge in [-0.2, -0.15) is 0 Å². The summed E-state index contributed by atoms with van der Waals surface area (Å²) in [5.74, 6) is -0.282. The predicted molar refractivity (Wildman–Crippen MR) is 111 cm³/mol. The van der Waals surface area contributed by atoms with Crippen molar-refractivity contribution in [1.82, 2.24) is 0 Å². The van der Waals surface area contributed by atoms with E-state index in [1.165, 1.54) is 7.11 Å². The topological polar surface area (TPSA) is 72.5 Å². The van der Waals surface area contributed by atoms with E-state index in [9.17, 15) is 4.79 Å². The predicted octanol–water partition coefficient (Wildman–Crippen LogP) is 3.87. The van der Waals surface area contributed by atoms with Crippen LogP contribution in [0.2, 0.25) is 0 Å². The molecule has 1 heterocycles. The molecule has 7 heteroatoms.